The normalized spacial score (nSPS) is 18.9. The minimum Gasteiger partial charge on any atom is -0.489 e. The molecule has 1 N–H and O–H groups in total. The number of hydrogen-bond acceptors (Lipinski definition) is 2. The highest BCUT2D eigenvalue weighted by atomic mass is 19.1. The first-order valence-corrected chi connectivity index (χ1v) is 7.05. The molecule has 2 fully saturated rings. The maximum Gasteiger partial charge on any atom is 0.167 e. The summed E-state index contributed by atoms with van der Waals surface area (Å²) in [5, 5.41) is 3.52. The average Bonchev–Trinajstić information content (AvgIpc) is 3.26. The van der Waals surface area contributed by atoms with Crippen LogP contribution in [0.1, 0.15) is 25.7 Å². The van der Waals surface area contributed by atoms with Crippen molar-refractivity contribution >= 4 is 0 Å². The Morgan fingerprint density at radius 3 is 2.42 bits per heavy atom. The highest BCUT2D eigenvalue weighted by Crippen LogP contribution is 2.44. The monoisotopic (exact) mass is 267 g/mol. The van der Waals surface area contributed by atoms with Crippen molar-refractivity contribution in [2.75, 3.05) is 13.2 Å². The van der Waals surface area contributed by atoms with Gasteiger partial charge in [0.25, 0.3) is 0 Å². The number of benzene rings is 1. The minimum absolute atomic E-state index is 0.123. The van der Waals surface area contributed by atoms with Gasteiger partial charge in [-0.25, -0.2) is 8.78 Å². The van der Waals surface area contributed by atoms with E-state index in [2.05, 4.69) is 5.32 Å². The molecule has 0 amide bonds. The lowest BCUT2D eigenvalue weighted by atomic mass is 10.1. The molecule has 1 aromatic rings. The topological polar surface area (TPSA) is 21.3 Å². The van der Waals surface area contributed by atoms with Crippen molar-refractivity contribution < 1.29 is 13.5 Å². The van der Waals surface area contributed by atoms with Crippen molar-refractivity contribution in [3.63, 3.8) is 0 Å². The molecule has 2 aliphatic rings. The quantitative estimate of drug-likeness (QED) is 0.766. The van der Waals surface area contributed by atoms with Gasteiger partial charge in [-0.15, -0.1) is 0 Å². The summed E-state index contributed by atoms with van der Waals surface area (Å²) in [6.07, 6.45) is 5.34. The molecule has 0 aromatic heterocycles. The lowest BCUT2D eigenvalue weighted by molar-refractivity contribution is 0.281. The van der Waals surface area contributed by atoms with Crippen LogP contribution in [-0.4, -0.2) is 19.2 Å². The second-order valence-electron chi connectivity index (χ2n) is 5.58. The molecule has 19 heavy (non-hydrogen) atoms. The van der Waals surface area contributed by atoms with Crippen LogP contribution in [0.5, 0.6) is 5.75 Å². The Bertz CT molecular complexity index is 432. The summed E-state index contributed by atoms with van der Waals surface area (Å²) in [5.74, 6) is 0.592. The van der Waals surface area contributed by atoms with Crippen molar-refractivity contribution in [3.8, 4) is 5.75 Å². The standard InChI is InChI=1S/C15H19F2NO/c16-12-5-6-14(13(17)9-12)19-8-7-18-15(10-1-2-10)11-3-4-11/h5-6,9-11,15,18H,1-4,7-8H2. The van der Waals surface area contributed by atoms with Crippen molar-refractivity contribution in [2.24, 2.45) is 11.8 Å². The van der Waals surface area contributed by atoms with Crippen LogP contribution >= 0.6 is 0 Å². The zero-order valence-corrected chi connectivity index (χ0v) is 10.9. The van der Waals surface area contributed by atoms with E-state index in [1.807, 2.05) is 0 Å². The fourth-order valence-electron chi connectivity index (χ4n) is 2.61. The molecular formula is C15H19F2NO. The van der Waals surface area contributed by atoms with Gasteiger partial charge < -0.3 is 10.1 Å². The molecule has 104 valence electrons. The molecule has 0 bridgehead atoms. The van der Waals surface area contributed by atoms with Gasteiger partial charge in [0.1, 0.15) is 12.4 Å². The zero-order valence-electron chi connectivity index (χ0n) is 10.9. The molecule has 0 saturated heterocycles. The Labute approximate surface area is 112 Å². The summed E-state index contributed by atoms with van der Waals surface area (Å²) in [6, 6.07) is 4.02. The van der Waals surface area contributed by atoms with E-state index in [-0.39, 0.29) is 5.75 Å². The average molecular weight is 267 g/mol. The Kier molecular flexibility index (Phi) is 3.69. The summed E-state index contributed by atoms with van der Waals surface area (Å²) in [5.41, 5.74) is 0. The lowest BCUT2D eigenvalue weighted by Crippen LogP contribution is -2.36. The number of rotatable bonds is 7. The maximum absolute atomic E-state index is 13.3. The third kappa shape index (κ3) is 3.44. The summed E-state index contributed by atoms with van der Waals surface area (Å²) in [4.78, 5) is 0. The summed E-state index contributed by atoms with van der Waals surface area (Å²) < 4.78 is 31.4. The predicted molar refractivity (Wildman–Crippen MR) is 69.1 cm³/mol. The van der Waals surface area contributed by atoms with E-state index in [0.29, 0.717) is 19.2 Å². The van der Waals surface area contributed by atoms with Crippen LogP contribution in [0.15, 0.2) is 18.2 Å². The summed E-state index contributed by atoms with van der Waals surface area (Å²) >= 11 is 0. The number of hydrogen-bond donors (Lipinski definition) is 1. The van der Waals surface area contributed by atoms with Crippen molar-refractivity contribution in [1.29, 1.82) is 0 Å². The smallest absolute Gasteiger partial charge is 0.167 e. The molecule has 0 aliphatic heterocycles. The number of nitrogens with one attached hydrogen (secondary N) is 1. The van der Waals surface area contributed by atoms with Gasteiger partial charge in [-0.05, 0) is 49.7 Å². The Balaban J connectivity index is 1.42. The SMILES string of the molecule is Fc1ccc(OCCNC(C2CC2)C2CC2)c(F)c1. The first-order chi connectivity index (χ1) is 9.24. The molecule has 3 rings (SSSR count). The maximum atomic E-state index is 13.3. The van der Waals surface area contributed by atoms with Crippen LogP contribution in [0, 0.1) is 23.5 Å². The van der Waals surface area contributed by atoms with Gasteiger partial charge in [-0.2, -0.15) is 0 Å². The van der Waals surface area contributed by atoms with E-state index in [9.17, 15) is 8.78 Å². The van der Waals surface area contributed by atoms with Gasteiger partial charge in [0, 0.05) is 18.7 Å². The van der Waals surface area contributed by atoms with Crippen LogP contribution in [0.3, 0.4) is 0 Å². The molecule has 0 unspecified atom stereocenters. The van der Waals surface area contributed by atoms with E-state index in [1.165, 1.54) is 37.8 Å². The highest BCUT2D eigenvalue weighted by molar-refractivity contribution is 5.24. The van der Waals surface area contributed by atoms with E-state index < -0.39 is 11.6 Å². The number of halogens is 2. The first-order valence-electron chi connectivity index (χ1n) is 7.05. The van der Waals surface area contributed by atoms with Gasteiger partial charge in [0.2, 0.25) is 0 Å². The van der Waals surface area contributed by atoms with Gasteiger partial charge >= 0.3 is 0 Å². The lowest BCUT2D eigenvalue weighted by Gasteiger charge is -2.17. The molecule has 4 heteroatoms. The van der Waals surface area contributed by atoms with Gasteiger partial charge in [0.15, 0.2) is 11.6 Å². The van der Waals surface area contributed by atoms with Gasteiger partial charge in [-0.3, -0.25) is 0 Å². The van der Waals surface area contributed by atoms with Crippen molar-refractivity contribution in [3.05, 3.63) is 29.8 Å². The highest BCUT2D eigenvalue weighted by Gasteiger charge is 2.40. The van der Waals surface area contributed by atoms with E-state index in [4.69, 9.17) is 4.74 Å². The minimum atomic E-state index is -0.638. The third-order valence-electron chi connectivity index (χ3n) is 3.89. The number of ether oxygens (including phenoxy) is 1. The van der Waals surface area contributed by atoms with Crippen LogP contribution in [-0.2, 0) is 0 Å². The fraction of sp³-hybridized carbons (Fsp3) is 0.600. The molecule has 2 aliphatic carbocycles. The Morgan fingerprint density at radius 1 is 1.16 bits per heavy atom. The zero-order chi connectivity index (χ0) is 13.2. The van der Waals surface area contributed by atoms with E-state index in [0.717, 1.165) is 17.9 Å². The van der Waals surface area contributed by atoms with E-state index in [1.54, 1.807) is 0 Å². The second-order valence-corrected chi connectivity index (χ2v) is 5.58. The van der Waals surface area contributed by atoms with Crippen LogP contribution < -0.4 is 10.1 Å². The van der Waals surface area contributed by atoms with E-state index >= 15 is 0 Å². The van der Waals surface area contributed by atoms with Crippen LogP contribution in [0.4, 0.5) is 8.78 Å². The van der Waals surface area contributed by atoms with Crippen molar-refractivity contribution in [2.45, 2.75) is 31.7 Å². The fourth-order valence-corrected chi connectivity index (χ4v) is 2.61. The second kappa shape index (κ2) is 5.45. The molecule has 0 spiro atoms. The molecular weight excluding hydrogens is 248 g/mol. The first kappa shape index (κ1) is 12.9. The molecule has 0 atom stereocenters. The van der Waals surface area contributed by atoms with Crippen LogP contribution in [0.2, 0.25) is 0 Å². The summed E-state index contributed by atoms with van der Waals surface area (Å²) in [6.45, 7) is 1.13. The summed E-state index contributed by atoms with van der Waals surface area (Å²) in [7, 11) is 0. The van der Waals surface area contributed by atoms with Crippen LogP contribution in [0.25, 0.3) is 0 Å². The molecule has 2 saturated carbocycles. The molecule has 2 nitrogen and oxygen atoms in total. The molecule has 0 heterocycles. The Morgan fingerprint density at radius 2 is 1.84 bits per heavy atom. The largest absolute Gasteiger partial charge is 0.489 e. The predicted octanol–water partition coefficient (Wildman–Crippen LogP) is 3.12. The van der Waals surface area contributed by atoms with Gasteiger partial charge in [0.05, 0.1) is 0 Å². The molecule has 0 radical (unpaired) electrons. The molecule has 1 aromatic carbocycles. The van der Waals surface area contributed by atoms with Crippen molar-refractivity contribution in [1.82, 2.24) is 5.32 Å². The third-order valence-corrected chi connectivity index (χ3v) is 3.89. The van der Waals surface area contributed by atoms with Gasteiger partial charge in [-0.1, -0.05) is 0 Å². The Hall–Kier alpha value is -1.16.